The Balaban J connectivity index is 1.63. The number of carbonyl (C=O) groups is 1. The Bertz CT molecular complexity index is 300. The number of unbranched alkanes of at least 4 members (excludes halogenated alkanes) is 4. The molecule has 2 saturated heterocycles. The van der Waals surface area contributed by atoms with Crippen molar-refractivity contribution in [2.75, 3.05) is 19.8 Å². The van der Waals surface area contributed by atoms with Crippen molar-refractivity contribution < 1.29 is 14.3 Å². The van der Waals surface area contributed by atoms with Crippen molar-refractivity contribution in [1.82, 2.24) is 5.32 Å². The average molecular weight is 283 g/mol. The van der Waals surface area contributed by atoms with Crippen LogP contribution in [0.2, 0.25) is 0 Å². The van der Waals surface area contributed by atoms with E-state index in [1.54, 1.807) is 0 Å². The van der Waals surface area contributed by atoms with Gasteiger partial charge in [0.05, 0.1) is 12.2 Å². The summed E-state index contributed by atoms with van der Waals surface area (Å²) >= 11 is 0. The minimum Gasteiger partial charge on any atom is -0.378 e. The number of carbonyl (C=O) groups excluding carboxylic acids is 1. The molecule has 2 rings (SSSR count). The van der Waals surface area contributed by atoms with Crippen molar-refractivity contribution in [3.63, 3.8) is 0 Å². The van der Waals surface area contributed by atoms with E-state index < -0.39 is 0 Å². The molecule has 0 saturated carbocycles. The van der Waals surface area contributed by atoms with Gasteiger partial charge in [-0.25, -0.2) is 0 Å². The van der Waals surface area contributed by atoms with Crippen LogP contribution in [-0.4, -0.2) is 37.4 Å². The molecule has 0 aromatic rings. The molecule has 0 aromatic heterocycles. The van der Waals surface area contributed by atoms with Crippen LogP contribution in [0.4, 0.5) is 0 Å². The van der Waals surface area contributed by atoms with Gasteiger partial charge in [-0.3, -0.25) is 4.79 Å². The van der Waals surface area contributed by atoms with E-state index in [1.807, 2.05) is 0 Å². The fourth-order valence-electron chi connectivity index (χ4n) is 3.20. The molecule has 4 heteroatoms. The smallest absolute Gasteiger partial charge is 0.220 e. The fraction of sp³-hybridized carbons (Fsp3) is 0.938. The van der Waals surface area contributed by atoms with Gasteiger partial charge in [0.1, 0.15) is 0 Å². The van der Waals surface area contributed by atoms with Crippen molar-refractivity contribution in [2.24, 2.45) is 0 Å². The number of ether oxygens (including phenoxy) is 2. The molecule has 1 N–H and O–H groups in total. The van der Waals surface area contributed by atoms with Crippen molar-refractivity contribution in [2.45, 2.75) is 76.4 Å². The first-order valence-corrected chi connectivity index (χ1v) is 8.25. The SMILES string of the molecule is CCCCCCCC(=O)N[C@H]1CCO[C@@]2(CCOC2)C1. The Morgan fingerprint density at radius 2 is 2.10 bits per heavy atom. The maximum absolute atomic E-state index is 12.0. The first-order chi connectivity index (χ1) is 9.74. The molecule has 2 heterocycles. The normalized spacial score (nSPS) is 29.8. The van der Waals surface area contributed by atoms with Gasteiger partial charge in [0, 0.05) is 32.1 Å². The number of hydrogen-bond donors (Lipinski definition) is 1. The molecular weight excluding hydrogens is 254 g/mol. The highest BCUT2D eigenvalue weighted by Gasteiger charge is 2.41. The van der Waals surface area contributed by atoms with Crippen molar-refractivity contribution >= 4 is 5.91 Å². The van der Waals surface area contributed by atoms with Gasteiger partial charge in [0.2, 0.25) is 5.91 Å². The summed E-state index contributed by atoms with van der Waals surface area (Å²) in [6, 6.07) is 0.272. The second-order valence-electron chi connectivity index (χ2n) is 6.26. The summed E-state index contributed by atoms with van der Waals surface area (Å²) in [5.41, 5.74) is -0.114. The van der Waals surface area contributed by atoms with Crippen molar-refractivity contribution in [3.05, 3.63) is 0 Å². The van der Waals surface area contributed by atoms with E-state index in [0.717, 1.165) is 38.9 Å². The van der Waals surface area contributed by atoms with Gasteiger partial charge in [-0.2, -0.15) is 0 Å². The van der Waals surface area contributed by atoms with Gasteiger partial charge in [0.15, 0.2) is 0 Å². The molecule has 2 fully saturated rings. The van der Waals surface area contributed by atoms with E-state index in [9.17, 15) is 4.79 Å². The summed E-state index contributed by atoms with van der Waals surface area (Å²) in [5.74, 6) is 0.211. The minimum absolute atomic E-state index is 0.114. The van der Waals surface area contributed by atoms with Crippen LogP contribution < -0.4 is 5.32 Å². The zero-order valence-corrected chi connectivity index (χ0v) is 12.8. The second-order valence-corrected chi connectivity index (χ2v) is 6.26. The molecule has 116 valence electrons. The Morgan fingerprint density at radius 1 is 1.25 bits per heavy atom. The predicted octanol–water partition coefficient (Wildman–Crippen LogP) is 2.80. The fourth-order valence-corrected chi connectivity index (χ4v) is 3.20. The van der Waals surface area contributed by atoms with Crippen molar-refractivity contribution in [3.8, 4) is 0 Å². The average Bonchev–Trinajstić information content (AvgIpc) is 2.86. The topological polar surface area (TPSA) is 47.6 Å². The monoisotopic (exact) mass is 283 g/mol. The number of amides is 1. The third-order valence-corrected chi connectivity index (χ3v) is 4.43. The third-order valence-electron chi connectivity index (χ3n) is 4.43. The first kappa shape index (κ1) is 15.8. The van der Waals surface area contributed by atoms with Crippen LogP contribution in [0.25, 0.3) is 0 Å². The summed E-state index contributed by atoms with van der Waals surface area (Å²) in [7, 11) is 0. The van der Waals surface area contributed by atoms with Gasteiger partial charge < -0.3 is 14.8 Å². The predicted molar refractivity (Wildman–Crippen MR) is 78.7 cm³/mol. The summed E-state index contributed by atoms with van der Waals surface area (Å²) in [5, 5.41) is 3.19. The number of nitrogens with one attached hydrogen (secondary N) is 1. The summed E-state index contributed by atoms with van der Waals surface area (Å²) in [6.07, 6.45) is 9.46. The van der Waals surface area contributed by atoms with E-state index in [2.05, 4.69) is 12.2 Å². The van der Waals surface area contributed by atoms with E-state index in [4.69, 9.17) is 9.47 Å². The number of rotatable bonds is 7. The van der Waals surface area contributed by atoms with E-state index in [-0.39, 0.29) is 17.6 Å². The molecule has 0 radical (unpaired) electrons. The van der Waals surface area contributed by atoms with E-state index in [1.165, 1.54) is 25.7 Å². The van der Waals surface area contributed by atoms with Crippen LogP contribution >= 0.6 is 0 Å². The molecule has 0 aliphatic carbocycles. The van der Waals surface area contributed by atoms with E-state index in [0.29, 0.717) is 13.0 Å². The number of hydrogen-bond acceptors (Lipinski definition) is 3. The van der Waals surface area contributed by atoms with Crippen LogP contribution in [0.15, 0.2) is 0 Å². The molecule has 1 spiro atoms. The molecular formula is C16H29NO3. The molecule has 0 bridgehead atoms. The Morgan fingerprint density at radius 3 is 2.85 bits per heavy atom. The van der Waals surface area contributed by atoms with Crippen LogP contribution in [0.1, 0.15) is 64.7 Å². The Kier molecular flexibility index (Phi) is 6.30. The van der Waals surface area contributed by atoms with Gasteiger partial charge in [-0.1, -0.05) is 32.6 Å². The lowest BCUT2D eigenvalue weighted by Gasteiger charge is -2.37. The zero-order chi connectivity index (χ0) is 14.3. The van der Waals surface area contributed by atoms with Gasteiger partial charge in [-0.05, 0) is 19.3 Å². The zero-order valence-electron chi connectivity index (χ0n) is 12.8. The molecule has 20 heavy (non-hydrogen) atoms. The molecule has 2 atom stereocenters. The Hall–Kier alpha value is -0.610. The standard InChI is InChI=1S/C16H29NO3/c1-2-3-4-5-6-7-15(18)17-14-8-10-20-16(12-14)9-11-19-13-16/h14H,2-13H2,1H3,(H,17,18)/t14-,16-/m0/s1. The molecule has 2 aliphatic rings. The maximum Gasteiger partial charge on any atom is 0.220 e. The highest BCUT2D eigenvalue weighted by molar-refractivity contribution is 5.76. The lowest BCUT2D eigenvalue weighted by Crippen LogP contribution is -2.49. The van der Waals surface area contributed by atoms with Crippen LogP contribution in [-0.2, 0) is 14.3 Å². The molecule has 0 aromatic carbocycles. The van der Waals surface area contributed by atoms with Crippen LogP contribution in [0, 0.1) is 0 Å². The molecule has 1 amide bonds. The van der Waals surface area contributed by atoms with Gasteiger partial charge >= 0.3 is 0 Å². The largest absolute Gasteiger partial charge is 0.378 e. The first-order valence-electron chi connectivity index (χ1n) is 8.25. The lowest BCUT2D eigenvalue weighted by atomic mass is 9.89. The van der Waals surface area contributed by atoms with E-state index >= 15 is 0 Å². The lowest BCUT2D eigenvalue weighted by molar-refractivity contribution is -0.125. The molecule has 0 unspecified atom stereocenters. The highest BCUT2D eigenvalue weighted by Crippen LogP contribution is 2.32. The molecule has 2 aliphatic heterocycles. The van der Waals surface area contributed by atoms with Crippen molar-refractivity contribution in [1.29, 1.82) is 0 Å². The van der Waals surface area contributed by atoms with Gasteiger partial charge in [0.25, 0.3) is 0 Å². The summed E-state index contributed by atoms with van der Waals surface area (Å²) in [4.78, 5) is 12.0. The van der Waals surface area contributed by atoms with Crippen LogP contribution in [0.5, 0.6) is 0 Å². The minimum atomic E-state index is -0.114. The Labute approximate surface area is 122 Å². The third kappa shape index (κ3) is 4.74. The maximum atomic E-state index is 12.0. The second kappa shape index (κ2) is 7.99. The summed E-state index contributed by atoms with van der Waals surface area (Å²) < 4.78 is 11.3. The highest BCUT2D eigenvalue weighted by atomic mass is 16.6. The van der Waals surface area contributed by atoms with Crippen LogP contribution in [0.3, 0.4) is 0 Å². The summed E-state index contributed by atoms with van der Waals surface area (Å²) in [6.45, 7) is 4.43. The quantitative estimate of drug-likeness (QED) is 0.731. The molecule has 4 nitrogen and oxygen atoms in total. The van der Waals surface area contributed by atoms with Gasteiger partial charge in [-0.15, -0.1) is 0 Å².